The third-order valence-corrected chi connectivity index (χ3v) is 4.85. The summed E-state index contributed by atoms with van der Waals surface area (Å²) in [4.78, 5) is 11.8. The first kappa shape index (κ1) is 13.8. The molecule has 2 aliphatic carbocycles. The quantitative estimate of drug-likeness (QED) is 0.588. The summed E-state index contributed by atoms with van der Waals surface area (Å²) in [5.74, 6) is 0.133. The molecule has 2 atom stereocenters. The lowest BCUT2D eigenvalue weighted by Gasteiger charge is -2.30. The lowest BCUT2D eigenvalue weighted by molar-refractivity contribution is -0.132. The van der Waals surface area contributed by atoms with Gasteiger partial charge in [-0.3, -0.25) is 8.98 Å². The zero-order valence-corrected chi connectivity index (χ0v) is 10.3. The molecule has 104 valence electrons. The van der Waals surface area contributed by atoms with Crippen LogP contribution in [-0.2, 0) is 19.1 Å². The topological polar surface area (TPSA) is 60.4 Å². The van der Waals surface area contributed by atoms with Crippen LogP contribution >= 0.6 is 0 Å². The summed E-state index contributed by atoms with van der Waals surface area (Å²) in [6, 6.07) is 0. The number of hydrogen-bond acceptors (Lipinski definition) is 4. The summed E-state index contributed by atoms with van der Waals surface area (Å²) in [6.45, 7) is -0.676. The second-order valence-electron chi connectivity index (χ2n) is 5.01. The summed E-state index contributed by atoms with van der Waals surface area (Å²) in [6.07, 6.45) is 2.66. The third-order valence-electron chi connectivity index (χ3n) is 3.86. The van der Waals surface area contributed by atoms with E-state index in [-0.39, 0.29) is 5.78 Å². The predicted octanol–water partition coefficient (Wildman–Crippen LogP) is 2.00. The Morgan fingerprint density at radius 3 is 2.61 bits per heavy atom. The minimum atomic E-state index is -5.60. The van der Waals surface area contributed by atoms with E-state index in [4.69, 9.17) is 0 Å². The highest BCUT2D eigenvalue weighted by Crippen LogP contribution is 2.49. The van der Waals surface area contributed by atoms with Crippen molar-refractivity contribution >= 4 is 15.9 Å². The number of Topliss-reactive ketones (excluding diaryl/α,β-unsaturated/α-hetero) is 1. The van der Waals surface area contributed by atoms with Crippen LogP contribution in [0.5, 0.6) is 0 Å². The highest BCUT2D eigenvalue weighted by molar-refractivity contribution is 7.87. The van der Waals surface area contributed by atoms with Crippen LogP contribution in [0.1, 0.15) is 32.1 Å². The molecule has 0 aromatic heterocycles. The van der Waals surface area contributed by atoms with Gasteiger partial charge in [0.25, 0.3) is 0 Å². The minimum Gasteiger partial charge on any atom is -0.299 e. The van der Waals surface area contributed by atoms with Gasteiger partial charge in [0, 0.05) is 6.42 Å². The molecule has 4 nitrogen and oxygen atoms in total. The lowest BCUT2D eigenvalue weighted by Crippen LogP contribution is -2.38. The molecule has 0 radical (unpaired) electrons. The van der Waals surface area contributed by atoms with E-state index in [1.807, 2.05) is 0 Å². The molecule has 0 aromatic carbocycles. The van der Waals surface area contributed by atoms with Crippen molar-refractivity contribution < 1.29 is 30.6 Å². The second-order valence-corrected chi connectivity index (χ2v) is 6.62. The SMILES string of the molecule is O=C1CC[C@@H]2CC[C@@]1(COS(=O)(=O)C(F)(F)F)C2. The predicted molar refractivity (Wildman–Crippen MR) is 54.9 cm³/mol. The van der Waals surface area contributed by atoms with Crippen LogP contribution < -0.4 is 0 Å². The van der Waals surface area contributed by atoms with Crippen molar-refractivity contribution in [2.24, 2.45) is 11.3 Å². The van der Waals surface area contributed by atoms with Gasteiger partial charge in [-0.15, -0.1) is 0 Å². The molecule has 0 heterocycles. The number of carbonyl (C=O) groups excluding carboxylic acids is 1. The van der Waals surface area contributed by atoms with Crippen LogP contribution in [0.25, 0.3) is 0 Å². The summed E-state index contributed by atoms with van der Waals surface area (Å²) >= 11 is 0. The van der Waals surface area contributed by atoms with Gasteiger partial charge in [0.1, 0.15) is 5.78 Å². The Bertz CT molecular complexity index is 456. The molecule has 2 bridgehead atoms. The Labute approximate surface area is 103 Å². The largest absolute Gasteiger partial charge is 0.523 e. The average Bonchev–Trinajstić information content (AvgIpc) is 2.61. The maximum Gasteiger partial charge on any atom is 0.523 e. The van der Waals surface area contributed by atoms with Gasteiger partial charge in [0.2, 0.25) is 0 Å². The van der Waals surface area contributed by atoms with Gasteiger partial charge in [-0.25, -0.2) is 0 Å². The van der Waals surface area contributed by atoms with Crippen LogP contribution in [0, 0.1) is 11.3 Å². The smallest absolute Gasteiger partial charge is 0.299 e. The van der Waals surface area contributed by atoms with Gasteiger partial charge in [-0.1, -0.05) is 0 Å². The number of carbonyl (C=O) groups is 1. The molecule has 0 unspecified atom stereocenters. The first-order chi connectivity index (χ1) is 8.16. The van der Waals surface area contributed by atoms with Crippen LogP contribution in [0.4, 0.5) is 13.2 Å². The van der Waals surface area contributed by atoms with Crippen molar-refractivity contribution in [1.29, 1.82) is 0 Å². The first-order valence-electron chi connectivity index (χ1n) is 5.65. The van der Waals surface area contributed by atoms with E-state index in [2.05, 4.69) is 4.18 Å². The monoisotopic (exact) mass is 286 g/mol. The number of fused-ring (bicyclic) bond motifs is 2. The summed E-state index contributed by atoms with van der Waals surface area (Å²) in [7, 11) is -5.60. The molecule has 2 aliphatic rings. The third kappa shape index (κ3) is 2.27. The van der Waals surface area contributed by atoms with Crippen LogP contribution in [-0.4, -0.2) is 26.3 Å². The van der Waals surface area contributed by atoms with E-state index in [1.54, 1.807) is 0 Å². The molecule has 2 rings (SSSR count). The fourth-order valence-electron chi connectivity index (χ4n) is 2.81. The maximum atomic E-state index is 12.1. The molecule has 0 N–H and O–H groups in total. The normalized spacial score (nSPS) is 32.8. The number of hydrogen-bond donors (Lipinski definition) is 0. The van der Waals surface area contributed by atoms with Crippen LogP contribution in [0.3, 0.4) is 0 Å². The second kappa shape index (κ2) is 4.19. The molecule has 0 saturated heterocycles. The number of rotatable bonds is 3. The van der Waals surface area contributed by atoms with Gasteiger partial charge < -0.3 is 0 Å². The zero-order valence-electron chi connectivity index (χ0n) is 9.50. The van der Waals surface area contributed by atoms with E-state index < -0.39 is 27.6 Å². The van der Waals surface area contributed by atoms with Gasteiger partial charge in [-0.2, -0.15) is 21.6 Å². The van der Waals surface area contributed by atoms with E-state index >= 15 is 0 Å². The van der Waals surface area contributed by atoms with Crippen molar-refractivity contribution in [3.63, 3.8) is 0 Å². The molecule has 2 fully saturated rings. The lowest BCUT2D eigenvalue weighted by atomic mass is 9.75. The average molecular weight is 286 g/mol. The van der Waals surface area contributed by atoms with Crippen LogP contribution in [0.15, 0.2) is 0 Å². The number of halogens is 3. The fourth-order valence-corrected chi connectivity index (χ4v) is 3.32. The molecular weight excluding hydrogens is 273 g/mol. The van der Waals surface area contributed by atoms with Crippen molar-refractivity contribution in [1.82, 2.24) is 0 Å². The highest BCUT2D eigenvalue weighted by atomic mass is 32.2. The van der Waals surface area contributed by atoms with E-state index in [0.29, 0.717) is 25.2 Å². The van der Waals surface area contributed by atoms with Gasteiger partial charge in [-0.05, 0) is 31.6 Å². The van der Waals surface area contributed by atoms with Crippen molar-refractivity contribution in [2.75, 3.05) is 6.61 Å². The van der Waals surface area contributed by atoms with E-state index in [1.165, 1.54) is 0 Å². The Balaban J connectivity index is 2.09. The molecule has 0 aliphatic heterocycles. The Hall–Kier alpha value is -0.630. The fraction of sp³-hybridized carbons (Fsp3) is 0.900. The summed E-state index contributed by atoms with van der Waals surface area (Å²) in [5, 5.41) is 0. The highest BCUT2D eigenvalue weighted by Gasteiger charge is 2.52. The van der Waals surface area contributed by atoms with Crippen molar-refractivity contribution in [2.45, 2.75) is 37.6 Å². The molecular formula is C10H13F3O4S. The van der Waals surface area contributed by atoms with E-state index in [0.717, 1.165) is 12.8 Å². The number of ketones is 1. The van der Waals surface area contributed by atoms with Gasteiger partial charge >= 0.3 is 15.6 Å². The Morgan fingerprint density at radius 2 is 2.00 bits per heavy atom. The summed E-state index contributed by atoms with van der Waals surface area (Å²) in [5.41, 5.74) is -6.44. The van der Waals surface area contributed by atoms with E-state index in [9.17, 15) is 26.4 Å². The first-order valence-corrected chi connectivity index (χ1v) is 7.06. The maximum absolute atomic E-state index is 12.1. The van der Waals surface area contributed by atoms with Gasteiger partial charge in [0.15, 0.2) is 0 Å². The van der Waals surface area contributed by atoms with Crippen molar-refractivity contribution in [3.8, 4) is 0 Å². The Kier molecular flexibility index (Phi) is 3.21. The van der Waals surface area contributed by atoms with Crippen LogP contribution in [0.2, 0.25) is 0 Å². The number of alkyl halides is 3. The van der Waals surface area contributed by atoms with Gasteiger partial charge in [0.05, 0.1) is 12.0 Å². The summed E-state index contributed by atoms with van der Waals surface area (Å²) < 4.78 is 62.1. The molecule has 0 spiro atoms. The molecule has 2 saturated carbocycles. The Morgan fingerprint density at radius 1 is 1.33 bits per heavy atom. The molecule has 18 heavy (non-hydrogen) atoms. The van der Waals surface area contributed by atoms with Crippen molar-refractivity contribution in [3.05, 3.63) is 0 Å². The molecule has 0 amide bonds. The minimum absolute atomic E-state index is 0.173. The standard InChI is InChI=1S/C10H13F3O4S/c11-10(12,13)18(15,16)17-6-9-4-3-7(5-9)1-2-8(9)14/h7H,1-6H2/t7-,9+/m1/s1. The molecule has 0 aromatic rings. The molecule has 8 heteroatoms. The zero-order chi connectivity index (χ0) is 13.6.